The number of rotatable bonds is 3. The highest BCUT2D eigenvalue weighted by Crippen LogP contribution is 2.48. The van der Waals surface area contributed by atoms with Gasteiger partial charge in [0, 0.05) is 37.9 Å². The SMILES string of the molecule is CCCN1c2cccnc2-n2cccc2[C@]12CCN(C(=O)[C@H]1C[C@@H]1C)C2. The molecular weight excluding hydrogens is 324 g/mol. The Kier molecular flexibility index (Phi) is 3.43. The number of hydrogen-bond acceptors (Lipinski definition) is 3. The predicted molar refractivity (Wildman–Crippen MR) is 101 cm³/mol. The van der Waals surface area contributed by atoms with Gasteiger partial charge in [0.15, 0.2) is 5.82 Å². The number of nitrogens with zero attached hydrogens (tertiary/aromatic N) is 4. The summed E-state index contributed by atoms with van der Waals surface area (Å²) in [5, 5.41) is 0. The van der Waals surface area contributed by atoms with Crippen molar-refractivity contribution < 1.29 is 4.79 Å². The largest absolute Gasteiger partial charge is 0.355 e. The molecule has 1 amide bonds. The normalized spacial score (nSPS) is 29.0. The molecule has 2 aliphatic heterocycles. The van der Waals surface area contributed by atoms with Crippen LogP contribution in [0, 0.1) is 11.8 Å². The quantitative estimate of drug-likeness (QED) is 0.854. The van der Waals surface area contributed by atoms with E-state index in [1.54, 1.807) is 0 Å². The Morgan fingerprint density at radius 2 is 2.19 bits per heavy atom. The van der Waals surface area contributed by atoms with Gasteiger partial charge in [-0.15, -0.1) is 0 Å². The summed E-state index contributed by atoms with van der Waals surface area (Å²) in [7, 11) is 0. The lowest BCUT2D eigenvalue weighted by Crippen LogP contribution is -2.53. The van der Waals surface area contributed by atoms with Crippen LogP contribution < -0.4 is 4.90 Å². The number of aromatic nitrogens is 2. The molecule has 3 aliphatic rings. The third kappa shape index (κ3) is 2.09. The lowest BCUT2D eigenvalue weighted by Gasteiger charge is -2.47. The summed E-state index contributed by atoms with van der Waals surface area (Å²) in [4.78, 5) is 22.2. The van der Waals surface area contributed by atoms with Crippen LogP contribution in [0.1, 0.15) is 38.8 Å². The van der Waals surface area contributed by atoms with E-state index in [9.17, 15) is 4.79 Å². The topological polar surface area (TPSA) is 41.4 Å². The molecule has 0 radical (unpaired) electrons. The van der Waals surface area contributed by atoms with Crippen LogP contribution in [-0.2, 0) is 10.3 Å². The second-order valence-electron chi connectivity index (χ2n) is 8.12. The van der Waals surface area contributed by atoms with Gasteiger partial charge in [0.05, 0.1) is 11.4 Å². The molecule has 136 valence electrons. The number of carbonyl (C=O) groups is 1. The van der Waals surface area contributed by atoms with E-state index in [2.05, 4.69) is 57.6 Å². The van der Waals surface area contributed by atoms with Crippen LogP contribution in [0.25, 0.3) is 5.82 Å². The molecule has 26 heavy (non-hydrogen) atoms. The molecule has 1 spiro atoms. The van der Waals surface area contributed by atoms with Gasteiger partial charge in [-0.3, -0.25) is 4.79 Å². The Morgan fingerprint density at radius 3 is 2.96 bits per heavy atom. The second-order valence-corrected chi connectivity index (χ2v) is 8.12. The van der Waals surface area contributed by atoms with Crippen LogP contribution in [0.5, 0.6) is 0 Å². The van der Waals surface area contributed by atoms with Crippen molar-refractivity contribution in [2.45, 2.75) is 38.6 Å². The number of anilines is 1. The summed E-state index contributed by atoms with van der Waals surface area (Å²) in [5.41, 5.74) is 2.33. The first-order valence-electron chi connectivity index (χ1n) is 9.85. The first-order valence-corrected chi connectivity index (χ1v) is 9.85. The van der Waals surface area contributed by atoms with Crippen molar-refractivity contribution in [3.8, 4) is 5.82 Å². The molecule has 5 rings (SSSR count). The van der Waals surface area contributed by atoms with E-state index < -0.39 is 0 Å². The van der Waals surface area contributed by atoms with Gasteiger partial charge >= 0.3 is 0 Å². The molecule has 0 aromatic carbocycles. The lowest BCUT2D eigenvalue weighted by molar-refractivity contribution is -0.132. The molecule has 0 unspecified atom stereocenters. The van der Waals surface area contributed by atoms with Gasteiger partial charge < -0.3 is 14.4 Å². The molecule has 0 N–H and O–H groups in total. The Balaban J connectivity index is 1.58. The lowest BCUT2D eigenvalue weighted by atomic mass is 9.88. The van der Waals surface area contributed by atoms with Crippen molar-refractivity contribution in [2.24, 2.45) is 11.8 Å². The van der Waals surface area contributed by atoms with E-state index in [-0.39, 0.29) is 11.5 Å². The highest BCUT2D eigenvalue weighted by molar-refractivity contribution is 5.82. The first-order chi connectivity index (χ1) is 12.7. The van der Waals surface area contributed by atoms with Gasteiger partial charge in [0.2, 0.25) is 5.91 Å². The zero-order valence-electron chi connectivity index (χ0n) is 15.6. The Morgan fingerprint density at radius 1 is 1.35 bits per heavy atom. The average molecular weight is 350 g/mol. The minimum Gasteiger partial charge on any atom is -0.355 e. The molecule has 1 saturated heterocycles. The van der Waals surface area contributed by atoms with E-state index in [1.165, 1.54) is 11.4 Å². The summed E-state index contributed by atoms with van der Waals surface area (Å²) in [6.45, 7) is 7.02. The van der Waals surface area contributed by atoms with Crippen LogP contribution in [0.15, 0.2) is 36.7 Å². The molecule has 2 aromatic rings. The number of carbonyl (C=O) groups excluding carboxylic acids is 1. The van der Waals surface area contributed by atoms with Gasteiger partial charge in [-0.1, -0.05) is 13.8 Å². The number of fused-ring (bicyclic) bond motifs is 4. The number of pyridine rings is 1. The van der Waals surface area contributed by atoms with Crippen LogP contribution >= 0.6 is 0 Å². The van der Waals surface area contributed by atoms with Gasteiger partial charge in [-0.2, -0.15) is 0 Å². The van der Waals surface area contributed by atoms with Gasteiger partial charge in [0.1, 0.15) is 5.54 Å². The minimum absolute atomic E-state index is 0.136. The molecule has 2 fully saturated rings. The highest BCUT2D eigenvalue weighted by atomic mass is 16.2. The second kappa shape index (κ2) is 5.60. The molecule has 5 nitrogen and oxygen atoms in total. The molecule has 0 bridgehead atoms. The predicted octanol–water partition coefficient (Wildman–Crippen LogP) is 3.19. The zero-order valence-corrected chi connectivity index (χ0v) is 15.6. The minimum atomic E-state index is -0.136. The van der Waals surface area contributed by atoms with Crippen LogP contribution in [0.4, 0.5) is 5.69 Å². The fraction of sp³-hybridized carbons (Fsp3) is 0.524. The van der Waals surface area contributed by atoms with Crippen molar-refractivity contribution in [3.05, 3.63) is 42.4 Å². The molecule has 2 aromatic heterocycles. The third-order valence-electron chi connectivity index (χ3n) is 6.46. The maximum absolute atomic E-state index is 12.9. The van der Waals surface area contributed by atoms with E-state index in [0.717, 1.165) is 44.7 Å². The van der Waals surface area contributed by atoms with Gasteiger partial charge in [-0.25, -0.2) is 4.98 Å². The van der Waals surface area contributed by atoms with E-state index in [1.807, 2.05) is 12.3 Å². The Labute approximate surface area is 154 Å². The Hall–Kier alpha value is -2.30. The summed E-state index contributed by atoms with van der Waals surface area (Å²) >= 11 is 0. The monoisotopic (exact) mass is 350 g/mol. The van der Waals surface area contributed by atoms with Crippen molar-refractivity contribution in [2.75, 3.05) is 24.5 Å². The summed E-state index contributed by atoms with van der Waals surface area (Å²) in [6.07, 6.45) is 7.09. The molecule has 1 aliphatic carbocycles. The first kappa shape index (κ1) is 15.9. The van der Waals surface area contributed by atoms with Gasteiger partial charge in [0.25, 0.3) is 0 Å². The summed E-state index contributed by atoms with van der Waals surface area (Å²) < 4.78 is 2.23. The van der Waals surface area contributed by atoms with E-state index in [4.69, 9.17) is 0 Å². The van der Waals surface area contributed by atoms with Crippen molar-refractivity contribution in [1.82, 2.24) is 14.5 Å². The zero-order chi connectivity index (χ0) is 17.9. The number of amides is 1. The molecule has 3 atom stereocenters. The fourth-order valence-corrected chi connectivity index (χ4v) is 4.97. The number of hydrogen-bond donors (Lipinski definition) is 0. The number of likely N-dealkylation sites (tertiary alicyclic amines) is 1. The summed E-state index contributed by atoms with van der Waals surface area (Å²) in [5.74, 6) is 2.19. The van der Waals surface area contributed by atoms with E-state index >= 15 is 0 Å². The van der Waals surface area contributed by atoms with Crippen LogP contribution in [0.3, 0.4) is 0 Å². The third-order valence-corrected chi connectivity index (χ3v) is 6.46. The molecule has 5 heteroatoms. The van der Waals surface area contributed by atoms with Crippen molar-refractivity contribution in [1.29, 1.82) is 0 Å². The maximum atomic E-state index is 12.9. The summed E-state index contributed by atoms with van der Waals surface area (Å²) in [6, 6.07) is 8.52. The Bertz CT molecular complexity index is 859. The van der Waals surface area contributed by atoms with Crippen LogP contribution in [-0.4, -0.2) is 40.0 Å². The van der Waals surface area contributed by atoms with Gasteiger partial charge in [-0.05, 0) is 49.4 Å². The molecular formula is C21H26N4O. The molecule has 1 saturated carbocycles. The van der Waals surface area contributed by atoms with E-state index in [0.29, 0.717) is 11.8 Å². The van der Waals surface area contributed by atoms with Crippen molar-refractivity contribution >= 4 is 11.6 Å². The van der Waals surface area contributed by atoms with Crippen LogP contribution in [0.2, 0.25) is 0 Å². The maximum Gasteiger partial charge on any atom is 0.226 e. The smallest absolute Gasteiger partial charge is 0.226 e. The fourth-order valence-electron chi connectivity index (χ4n) is 4.97. The average Bonchev–Trinajstić information content (AvgIpc) is 3.05. The highest BCUT2D eigenvalue weighted by Gasteiger charge is 2.52. The standard InChI is InChI=1S/C21H26N4O/c1-3-10-25-17-6-4-9-22-19(17)24-11-5-7-18(24)21(25)8-12-23(14-21)20(26)16-13-15(16)2/h4-7,9,11,15-16H,3,8,10,12-14H2,1-2H3/t15-,16-,21+/m0/s1. The van der Waals surface area contributed by atoms with Crippen molar-refractivity contribution in [3.63, 3.8) is 0 Å². The molecule has 4 heterocycles.